The van der Waals surface area contributed by atoms with Gasteiger partial charge in [-0.1, -0.05) is 0 Å². The minimum Gasteiger partial charge on any atom is -0.463 e. The van der Waals surface area contributed by atoms with Crippen molar-refractivity contribution in [3.05, 3.63) is 23.7 Å². The van der Waals surface area contributed by atoms with Gasteiger partial charge in [-0.25, -0.2) is 17.5 Å². The van der Waals surface area contributed by atoms with E-state index in [-0.39, 0.29) is 18.1 Å². The topological polar surface area (TPSA) is 88.8 Å². The smallest absolute Gasteiger partial charge is 0.374 e. The van der Waals surface area contributed by atoms with Crippen molar-refractivity contribution >= 4 is 16.0 Å². The lowest BCUT2D eigenvalue weighted by Gasteiger charge is -2.11. The Hall–Kier alpha value is -1.38. The number of rotatable bonds is 7. The van der Waals surface area contributed by atoms with Gasteiger partial charge >= 0.3 is 5.97 Å². The highest BCUT2D eigenvalue weighted by Crippen LogP contribution is 2.11. The maximum atomic E-state index is 11.5. The van der Waals surface area contributed by atoms with Gasteiger partial charge in [0.2, 0.25) is 15.8 Å². The Labute approximate surface area is 112 Å². The zero-order valence-electron chi connectivity index (χ0n) is 11.2. The third kappa shape index (κ3) is 4.34. The molecule has 0 aliphatic rings. The second-order valence-corrected chi connectivity index (χ2v) is 6.34. The Balaban J connectivity index is 2.47. The van der Waals surface area contributed by atoms with Crippen molar-refractivity contribution in [2.45, 2.75) is 6.54 Å². The predicted molar refractivity (Wildman–Crippen MR) is 69.2 cm³/mol. The molecule has 0 saturated heterocycles. The summed E-state index contributed by atoms with van der Waals surface area (Å²) in [5, 5.41) is 2.94. The van der Waals surface area contributed by atoms with E-state index in [1.807, 2.05) is 0 Å². The highest BCUT2D eigenvalue weighted by atomic mass is 32.2. The Bertz CT molecular complexity index is 521. The first-order valence-corrected chi connectivity index (χ1v) is 7.25. The van der Waals surface area contributed by atoms with Crippen molar-refractivity contribution in [3.63, 3.8) is 0 Å². The fraction of sp³-hybridized carbons (Fsp3) is 0.545. The molecule has 1 aromatic rings. The number of ether oxygens (including phenoxy) is 1. The van der Waals surface area contributed by atoms with Gasteiger partial charge in [-0.15, -0.1) is 0 Å². The van der Waals surface area contributed by atoms with Crippen molar-refractivity contribution in [1.29, 1.82) is 0 Å². The summed E-state index contributed by atoms with van der Waals surface area (Å²) in [6.07, 6.45) is 1.39. The van der Waals surface area contributed by atoms with Gasteiger partial charge in [-0.05, 0) is 6.07 Å². The van der Waals surface area contributed by atoms with Gasteiger partial charge in [0.25, 0.3) is 0 Å². The van der Waals surface area contributed by atoms with Gasteiger partial charge in [0.05, 0.1) is 19.1 Å². The summed E-state index contributed by atoms with van der Waals surface area (Å²) in [6.45, 7) is 0.621. The van der Waals surface area contributed by atoms with E-state index in [2.05, 4.69) is 10.1 Å². The van der Waals surface area contributed by atoms with Crippen LogP contribution in [-0.4, -0.2) is 52.2 Å². The Morgan fingerprint density at radius 2 is 2.16 bits per heavy atom. The molecule has 1 rings (SSSR count). The van der Waals surface area contributed by atoms with E-state index >= 15 is 0 Å². The molecule has 1 N–H and O–H groups in total. The molecule has 7 nitrogen and oxygen atoms in total. The molecule has 0 radical (unpaired) electrons. The molecule has 0 aliphatic carbocycles. The van der Waals surface area contributed by atoms with E-state index in [1.54, 1.807) is 6.07 Å². The van der Waals surface area contributed by atoms with E-state index < -0.39 is 16.0 Å². The number of methoxy groups -OCH3 is 1. The highest BCUT2D eigenvalue weighted by molar-refractivity contribution is 7.89. The number of esters is 1. The number of furan rings is 1. The van der Waals surface area contributed by atoms with E-state index in [0.29, 0.717) is 12.1 Å². The normalized spacial score (nSPS) is 11.8. The SMILES string of the molecule is COC(=O)c1occc1CNCCS(=O)(=O)N(C)C. The molecule has 1 aromatic heterocycles. The van der Waals surface area contributed by atoms with Crippen molar-refractivity contribution < 1.29 is 22.4 Å². The summed E-state index contributed by atoms with van der Waals surface area (Å²) in [6, 6.07) is 1.64. The van der Waals surface area contributed by atoms with E-state index in [0.717, 1.165) is 0 Å². The van der Waals surface area contributed by atoms with Crippen LogP contribution in [0.4, 0.5) is 0 Å². The van der Waals surface area contributed by atoms with Crippen LogP contribution in [-0.2, 0) is 21.3 Å². The van der Waals surface area contributed by atoms with Gasteiger partial charge in [0.15, 0.2) is 0 Å². The standard InChI is InChI=1S/C11H18N2O5S/c1-13(2)19(15,16)7-5-12-8-9-4-6-18-10(9)11(14)17-3/h4,6,12H,5,7-8H2,1-3H3. The quantitative estimate of drug-likeness (QED) is 0.564. The Morgan fingerprint density at radius 1 is 1.47 bits per heavy atom. The van der Waals surface area contributed by atoms with Crippen LogP contribution < -0.4 is 5.32 Å². The Morgan fingerprint density at radius 3 is 2.74 bits per heavy atom. The highest BCUT2D eigenvalue weighted by Gasteiger charge is 2.16. The summed E-state index contributed by atoms with van der Waals surface area (Å²) >= 11 is 0. The lowest BCUT2D eigenvalue weighted by molar-refractivity contribution is 0.0563. The summed E-state index contributed by atoms with van der Waals surface area (Å²) in [4.78, 5) is 11.3. The minimum absolute atomic E-state index is 0.00852. The Kier molecular flexibility index (Phi) is 5.52. The van der Waals surface area contributed by atoms with E-state index in [1.165, 1.54) is 31.8 Å². The molecule has 0 fully saturated rings. The maximum Gasteiger partial charge on any atom is 0.374 e. The molecule has 0 amide bonds. The maximum absolute atomic E-state index is 11.5. The van der Waals surface area contributed by atoms with Gasteiger partial charge in [-0.3, -0.25) is 0 Å². The fourth-order valence-corrected chi connectivity index (χ4v) is 2.12. The first-order valence-electron chi connectivity index (χ1n) is 5.64. The summed E-state index contributed by atoms with van der Waals surface area (Å²) in [5.41, 5.74) is 0.633. The number of nitrogens with zero attached hydrogens (tertiary/aromatic N) is 1. The van der Waals surface area contributed by atoms with Crippen LogP contribution in [0, 0.1) is 0 Å². The lowest BCUT2D eigenvalue weighted by Crippen LogP contribution is -2.31. The average Bonchev–Trinajstić information content (AvgIpc) is 2.81. The third-order valence-electron chi connectivity index (χ3n) is 2.53. The van der Waals surface area contributed by atoms with Crippen LogP contribution in [0.5, 0.6) is 0 Å². The molecule has 1 heterocycles. The van der Waals surface area contributed by atoms with Crippen molar-refractivity contribution in [1.82, 2.24) is 9.62 Å². The second kappa shape index (κ2) is 6.69. The largest absolute Gasteiger partial charge is 0.463 e. The average molecular weight is 290 g/mol. The number of sulfonamides is 1. The van der Waals surface area contributed by atoms with Gasteiger partial charge in [0.1, 0.15) is 0 Å². The van der Waals surface area contributed by atoms with Gasteiger partial charge in [-0.2, -0.15) is 0 Å². The third-order valence-corrected chi connectivity index (χ3v) is 4.36. The molecule has 0 saturated carbocycles. The zero-order chi connectivity index (χ0) is 14.5. The number of hydrogen-bond donors (Lipinski definition) is 1. The number of hydrogen-bond acceptors (Lipinski definition) is 6. The van der Waals surface area contributed by atoms with Crippen molar-refractivity contribution in [2.24, 2.45) is 0 Å². The minimum atomic E-state index is -3.21. The first-order chi connectivity index (χ1) is 8.88. The number of carbonyl (C=O) groups is 1. The van der Waals surface area contributed by atoms with Crippen LogP contribution in [0.1, 0.15) is 16.1 Å². The number of carbonyl (C=O) groups excluding carboxylic acids is 1. The van der Waals surface area contributed by atoms with E-state index in [9.17, 15) is 13.2 Å². The van der Waals surface area contributed by atoms with Crippen LogP contribution in [0.25, 0.3) is 0 Å². The number of nitrogens with one attached hydrogen (secondary N) is 1. The molecular weight excluding hydrogens is 272 g/mol. The van der Waals surface area contributed by atoms with Crippen molar-refractivity contribution in [2.75, 3.05) is 33.5 Å². The molecule has 0 spiro atoms. The van der Waals surface area contributed by atoms with E-state index in [4.69, 9.17) is 4.42 Å². The molecule has 8 heteroatoms. The molecule has 0 bridgehead atoms. The molecular formula is C11H18N2O5S. The summed E-state index contributed by atoms with van der Waals surface area (Å²) < 4.78 is 33.8. The lowest BCUT2D eigenvalue weighted by atomic mass is 10.2. The molecule has 19 heavy (non-hydrogen) atoms. The van der Waals surface area contributed by atoms with Gasteiger partial charge < -0.3 is 14.5 Å². The second-order valence-electron chi connectivity index (χ2n) is 4.04. The van der Waals surface area contributed by atoms with Crippen LogP contribution >= 0.6 is 0 Å². The fourth-order valence-electron chi connectivity index (χ4n) is 1.35. The molecule has 108 valence electrons. The summed E-state index contributed by atoms with van der Waals surface area (Å²) in [5.74, 6) is -0.432. The van der Waals surface area contributed by atoms with Crippen LogP contribution in [0.15, 0.2) is 16.7 Å². The molecule has 0 unspecified atom stereocenters. The van der Waals surface area contributed by atoms with Crippen LogP contribution in [0.2, 0.25) is 0 Å². The first kappa shape index (κ1) is 15.7. The van der Waals surface area contributed by atoms with Crippen LogP contribution in [0.3, 0.4) is 0 Å². The monoisotopic (exact) mass is 290 g/mol. The molecule has 0 aromatic carbocycles. The molecule has 0 atom stereocenters. The van der Waals surface area contributed by atoms with Crippen molar-refractivity contribution in [3.8, 4) is 0 Å². The van der Waals surface area contributed by atoms with Gasteiger partial charge in [0, 0.05) is 32.7 Å². The predicted octanol–water partition coefficient (Wildman–Crippen LogP) is 0.0472. The molecule has 0 aliphatic heterocycles. The zero-order valence-corrected chi connectivity index (χ0v) is 12.0. The summed E-state index contributed by atoms with van der Waals surface area (Å²) in [7, 11) is 1.03.